The molecule has 108 valence electrons. The number of hydrogen-bond acceptors (Lipinski definition) is 4. The van der Waals surface area contributed by atoms with E-state index in [1.54, 1.807) is 24.3 Å². The molecule has 0 aromatic heterocycles. The molecule has 0 saturated carbocycles. The molecule has 0 heterocycles. The molecule has 1 aromatic rings. The van der Waals surface area contributed by atoms with Crippen molar-refractivity contribution in [2.45, 2.75) is 31.1 Å². The molecule has 4 nitrogen and oxygen atoms in total. The fourth-order valence-electron chi connectivity index (χ4n) is 1.63. The molecule has 0 fully saturated rings. The molecule has 1 N–H and O–H groups in total. The molecule has 5 heteroatoms. The largest absolute Gasteiger partial charge is 0.494 e. The van der Waals surface area contributed by atoms with Gasteiger partial charge in [-0.2, -0.15) is 0 Å². The third-order valence-corrected chi connectivity index (χ3v) is 3.82. The molecular formula is C14H23NO3S. The Balaban J connectivity index is 2.23. The molecule has 0 aliphatic rings. The van der Waals surface area contributed by atoms with Gasteiger partial charge in [0.2, 0.25) is 0 Å². The van der Waals surface area contributed by atoms with Gasteiger partial charge in [-0.25, -0.2) is 8.42 Å². The summed E-state index contributed by atoms with van der Waals surface area (Å²) in [5, 5.41) is 3.34. The Morgan fingerprint density at radius 3 is 2.37 bits per heavy atom. The van der Waals surface area contributed by atoms with Crippen LogP contribution < -0.4 is 10.1 Å². The first-order chi connectivity index (χ1) is 9.04. The Bertz CT molecular complexity index is 454. The maximum atomic E-state index is 11.3. The van der Waals surface area contributed by atoms with Crippen molar-refractivity contribution in [1.29, 1.82) is 0 Å². The Kier molecular flexibility index (Phi) is 6.87. The van der Waals surface area contributed by atoms with Gasteiger partial charge in [0.15, 0.2) is 9.84 Å². The van der Waals surface area contributed by atoms with E-state index in [2.05, 4.69) is 12.2 Å². The van der Waals surface area contributed by atoms with Crippen LogP contribution in [0.2, 0.25) is 0 Å². The summed E-state index contributed by atoms with van der Waals surface area (Å²) in [6, 6.07) is 6.55. The summed E-state index contributed by atoms with van der Waals surface area (Å²) >= 11 is 0. The summed E-state index contributed by atoms with van der Waals surface area (Å²) in [6.45, 7) is 4.89. The van der Waals surface area contributed by atoms with Crippen LogP contribution in [0.25, 0.3) is 0 Å². The summed E-state index contributed by atoms with van der Waals surface area (Å²) in [7, 11) is -3.12. The van der Waals surface area contributed by atoms with Crippen LogP contribution in [0.5, 0.6) is 5.75 Å². The quantitative estimate of drug-likeness (QED) is 0.707. The molecule has 0 amide bonds. The fraction of sp³-hybridized carbons (Fsp3) is 0.571. The first kappa shape index (κ1) is 16.0. The normalized spacial score (nSPS) is 11.5. The lowest BCUT2D eigenvalue weighted by Crippen LogP contribution is -2.16. The number of benzene rings is 1. The SMILES string of the molecule is CCCNCCCCOc1ccc(S(C)(=O)=O)cc1. The Morgan fingerprint density at radius 1 is 1.11 bits per heavy atom. The minimum Gasteiger partial charge on any atom is -0.494 e. The minimum absolute atomic E-state index is 0.323. The van der Waals surface area contributed by atoms with Crippen molar-refractivity contribution in [2.24, 2.45) is 0 Å². The number of ether oxygens (including phenoxy) is 1. The van der Waals surface area contributed by atoms with E-state index in [0.29, 0.717) is 17.3 Å². The van der Waals surface area contributed by atoms with Gasteiger partial charge in [-0.3, -0.25) is 0 Å². The van der Waals surface area contributed by atoms with Gasteiger partial charge >= 0.3 is 0 Å². The lowest BCUT2D eigenvalue weighted by atomic mass is 10.3. The monoisotopic (exact) mass is 285 g/mol. The van der Waals surface area contributed by atoms with Gasteiger partial charge < -0.3 is 10.1 Å². The lowest BCUT2D eigenvalue weighted by Gasteiger charge is -2.07. The van der Waals surface area contributed by atoms with Crippen molar-refractivity contribution < 1.29 is 13.2 Å². The molecule has 0 atom stereocenters. The maximum Gasteiger partial charge on any atom is 0.175 e. The van der Waals surface area contributed by atoms with Crippen LogP contribution in [-0.2, 0) is 9.84 Å². The van der Waals surface area contributed by atoms with Crippen LogP contribution >= 0.6 is 0 Å². The molecule has 0 aliphatic carbocycles. The van der Waals surface area contributed by atoms with Crippen LogP contribution in [0, 0.1) is 0 Å². The number of sulfone groups is 1. The molecule has 0 unspecified atom stereocenters. The maximum absolute atomic E-state index is 11.3. The Morgan fingerprint density at radius 2 is 1.79 bits per heavy atom. The van der Waals surface area contributed by atoms with E-state index < -0.39 is 9.84 Å². The van der Waals surface area contributed by atoms with E-state index >= 15 is 0 Å². The van der Waals surface area contributed by atoms with Crippen molar-refractivity contribution >= 4 is 9.84 Å². The van der Waals surface area contributed by atoms with Gasteiger partial charge in [0.1, 0.15) is 5.75 Å². The lowest BCUT2D eigenvalue weighted by molar-refractivity contribution is 0.305. The minimum atomic E-state index is -3.12. The number of nitrogens with one attached hydrogen (secondary N) is 1. The van der Waals surface area contributed by atoms with Crippen LogP contribution in [0.3, 0.4) is 0 Å². The van der Waals surface area contributed by atoms with Crippen LogP contribution in [0.4, 0.5) is 0 Å². The highest BCUT2D eigenvalue weighted by molar-refractivity contribution is 7.90. The zero-order valence-electron chi connectivity index (χ0n) is 11.7. The van der Waals surface area contributed by atoms with E-state index in [0.717, 1.165) is 32.4 Å². The van der Waals surface area contributed by atoms with E-state index in [-0.39, 0.29) is 0 Å². The van der Waals surface area contributed by atoms with E-state index in [4.69, 9.17) is 4.74 Å². The topological polar surface area (TPSA) is 55.4 Å². The third-order valence-electron chi connectivity index (χ3n) is 2.70. The van der Waals surface area contributed by atoms with Crippen LogP contribution in [0.1, 0.15) is 26.2 Å². The van der Waals surface area contributed by atoms with Crippen molar-refractivity contribution in [3.05, 3.63) is 24.3 Å². The average molecular weight is 285 g/mol. The van der Waals surface area contributed by atoms with E-state index in [9.17, 15) is 8.42 Å². The van der Waals surface area contributed by atoms with E-state index in [1.807, 2.05) is 0 Å². The van der Waals surface area contributed by atoms with Gasteiger partial charge in [-0.1, -0.05) is 6.92 Å². The molecule has 0 spiro atoms. The molecule has 0 radical (unpaired) electrons. The molecule has 19 heavy (non-hydrogen) atoms. The highest BCUT2D eigenvalue weighted by Gasteiger charge is 2.06. The second kappa shape index (κ2) is 8.17. The molecule has 1 rings (SSSR count). The van der Waals surface area contributed by atoms with Crippen molar-refractivity contribution in [2.75, 3.05) is 26.0 Å². The molecule has 1 aromatic carbocycles. The van der Waals surface area contributed by atoms with Gasteiger partial charge in [0.05, 0.1) is 11.5 Å². The number of unbranched alkanes of at least 4 members (excludes halogenated alkanes) is 1. The van der Waals surface area contributed by atoms with Gasteiger partial charge in [0.25, 0.3) is 0 Å². The summed E-state index contributed by atoms with van der Waals surface area (Å²) < 4.78 is 28.1. The standard InChI is InChI=1S/C14H23NO3S/c1-3-10-15-11-4-5-12-18-13-6-8-14(9-7-13)19(2,16)17/h6-9,15H,3-5,10-12H2,1-2H3. The summed E-state index contributed by atoms with van der Waals surface area (Å²) in [4.78, 5) is 0.323. The molecular weight excluding hydrogens is 262 g/mol. The van der Waals surface area contributed by atoms with Crippen molar-refractivity contribution in [3.63, 3.8) is 0 Å². The van der Waals surface area contributed by atoms with Crippen LogP contribution in [-0.4, -0.2) is 34.4 Å². The Hall–Kier alpha value is -1.07. The van der Waals surface area contributed by atoms with Crippen LogP contribution in [0.15, 0.2) is 29.2 Å². The molecule has 0 saturated heterocycles. The zero-order valence-corrected chi connectivity index (χ0v) is 12.5. The summed E-state index contributed by atoms with van der Waals surface area (Å²) in [5.74, 6) is 0.717. The van der Waals surface area contributed by atoms with Gasteiger partial charge in [-0.15, -0.1) is 0 Å². The molecule has 0 bridgehead atoms. The highest BCUT2D eigenvalue weighted by Crippen LogP contribution is 2.15. The van der Waals surface area contributed by atoms with Crippen molar-refractivity contribution in [3.8, 4) is 5.75 Å². The van der Waals surface area contributed by atoms with Gasteiger partial charge in [0, 0.05) is 6.26 Å². The first-order valence-corrected chi connectivity index (χ1v) is 8.57. The second-order valence-corrected chi connectivity index (χ2v) is 6.56. The van der Waals surface area contributed by atoms with Crippen molar-refractivity contribution in [1.82, 2.24) is 5.32 Å². The fourth-order valence-corrected chi connectivity index (χ4v) is 2.26. The third kappa shape index (κ3) is 6.59. The number of hydrogen-bond donors (Lipinski definition) is 1. The highest BCUT2D eigenvalue weighted by atomic mass is 32.2. The smallest absolute Gasteiger partial charge is 0.175 e. The molecule has 0 aliphatic heterocycles. The summed E-state index contributed by atoms with van der Waals surface area (Å²) in [5.41, 5.74) is 0. The number of rotatable bonds is 9. The second-order valence-electron chi connectivity index (χ2n) is 4.55. The van der Waals surface area contributed by atoms with Gasteiger partial charge in [-0.05, 0) is 56.6 Å². The van der Waals surface area contributed by atoms with E-state index in [1.165, 1.54) is 6.26 Å². The first-order valence-electron chi connectivity index (χ1n) is 6.67. The predicted molar refractivity (Wildman–Crippen MR) is 77.4 cm³/mol. The predicted octanol–water partition coefficient (Wildman–Crippen LogP) is 2.25. The zero-order chi connectivity index (χ0) is 14.1. The summed E-state index contributed by atoms with van der Waals surface area (Å²) in [6.07, 6.45) is 4.43. The average Bonchev–Trinajstić information content (AvgIpc) is 2.37. The Labute approximate surface area is 116 Å².